The van der Waals surface area contributed by atoms with Crippen molar-refractivity contribution in [1.82, 2.24) is 4.98 Å². The van der Waals surface area contributed by atoms with Crippen LogP contribution in [0.1, 0.15) is 0 Å². The third-order valence-corrected chi connectivity index (χ3v) is 4.59. The maximum atomic E-state index is 12.4. The van der Waals surface area contributed by atoms with E-state index in [-0.39, 0.29) is 17.2 Å². The number of phenolic OH excluding ortho intramolecular Hbond substituents is 2. The Hall–Kier alpha value is -4.00. The third kappa shape index (κ3) is 4.78. The summed E-state index contributed by atoms with van der Waals surface area (Å²) in [6.45, 7) is 0. The average molecular weight is 423 g/mol. The molecular formula is C24H16F3NO3. The summed E-state index contributed by atoms with van der Waals surface area (Å²) in [7, 11) is 0. The Morgan fingerprint density at radius 1 is 0.677 bits per heavy atom. The van der Waals surface area contributed by atoms with Crippen molar-refractivity contribution in [3.05, 3.63) is 84.9 Å². The lowest BCUT2D eigenvalue weighted by molar-refractivity contribution is -0.274. The van der Waals surface area contributed by atoms with E-state index in [0.29, 0.717) is 28.1 Å². The number of hydrogen-bond acceptors (Lipinski definition) is 4. The number of ether oxygens (including phenoxy) is 1. The van der Waals surface area contributed by atoms with Crippen molar-refractivity contribution >= 4 is 0 Å². The van der Waals surface area contributed by atoms with Gasteiger partial charge in [0.2, 0.25) is 0 Å². The van der Waals surface area contributed by atoms with Crippen molar-refractivity contribution in [3.63, 3.8) is 0 Å². The van der Waals surface area contributed by atoms with E-state index >= 15 is 0 Å². The fourth-order valence-electron chi connectivity index (χ4n) is 3.15. The Balaban J connectivity index is 1.82. The summed E-state index contributed by atoms with van der Waals surface area (Å²) in [6, 6.07) is 22.3. The van der Waals surface area contributed by atoms with E-state index in [1.165, 1.54) is 36.4 Å². The molecule has 0 bridgehead atoms. The van der Waals surface area contributed by atoms with Crippen molar-refractivity contribution in [2.24, 2.45) is 0 Å². The van der Waals surface area contributed by atoms with Gasteiger partial charge in [0, 0.05) is 11.1 Å². The van der Waals surface area contributed by atoms with Gasteiger partial charge in [-0.1, -0.05) is 24.3 Å². The zero-order chi connectivity index (χ0) is 22.0. The van der Waals surface area contributed by atoms with Gasteiger partial charge in [-0.15, -0.1) is 13.2 Å². The molecule has 0 aliphatic heterocycles. The number of halogens is 3. The zero-order valence-electron chi connectivity index (χ0n) is 16.0. The number of hydrogen-bond donors (Lipinski definition) is 2. The van der Waals surface area contributed by atoms with Crippen LogP contribution >= 0.6 is 0 Å². The molecule has 4 aromatic rings. The number of alkyl halides is 3. The molecular weight excluding hydrogens is 407 g/mol. The highest BCUT2D eigenvalue weighted by Crippen LogP contribution is 2.35. The van der Waals surface area contributed by atoms with E-state index in [9.17, 15) is 23.4 Å². The van der Waals surface area contributed by atoms with Crippen molar-refractivity contribution in [2.45, 2.75) is 6.36 Å². The van der Waals surface area contributed by atoms with E-state index in [0.717, 1.165) is 5.56 Å². The highest BCUT2D eigenvalue weighted by Gasteiger charge is 2.31. The first-order chi connectivity index (χ1) is 14.8. The molecule has 1 aromatic heterocycles. The average Bonchev–Trinajstić information content (AvgIpc) is 2.74. The summed E-state index contributed by atoms with van der Waals surface area (Å²) in [5.74, 6) is -0.149. The van der Waals surface area contributed by atoms with Crippen molar-refractivity contribution < 1.29 is 28.1 Å². The fraction of sp³-hybridized carbons (Fsp3) is 0.0417. The number of pyridine rings is 1. The predicted octanol–water partition coefficient (Wildman–Crippen LogP) is 6.39. The molecule has 3 aromatic carbocycles. The van der Waals surface area contributed by atoms with Crippen LogP contribution in [0.15, 0.2) is 84.9 Å². The smallest absolute Gasteiger partial charge is 0.508 e. The molecule has 0 fully saturated rings. The molecule has 0 spiro atoms. The van der Waals surface area contributed by atoms with Crippen molar-refractivity contribution in [2.75, 3.05) is 0 Å². The van der Waals surface area contributed by atoms with Crippen LogP contribution in [0.3, 0.4) is 0 Å². The number of phenols is 2. The highest BCUT2D eigenvalue weighted by atomic mass is 19.4. The normalized spacial score (nSPS) is 11.3. The minimum atomic E-state index is -4.76. The molecule has 0 unspecified atom stereocenters. The largest absolute Gasteiger partial charge is 0.573 e. The Bertz CT molecular complexity index is 1200. The molecule has 156 valence electrons. The molecule has 0 aliphatic carbocycles. The molecule has 0 atom stereocenters. The number of para-hydroxylation sites is 1. The lowest BCUT2D eigenvalue weighted by Gasteiger charge is -2.12. The minimum Gasteiger partial charge on any atom is -0.508 e. The number of nitrogens with zero attached hydrogens (tertiary/aromatic N) is 1. The molecule has 0 radical (unpaired) electrons. The summed E-state index contributed by atoms with van der Waals surface area (Å²) in [5.41, 5.74) is 3.65. The first-order valence-electron chi connectivity index (χ1n) is 9.24. The summed E-state index contributed by atoms with van der Waals surface area (Å²) < 4.78 is 41.3. The van der Waals surface area contributed by atoms with Gasteiger partial charge in [-0.3, -0.25) is 0 Å². The van der Waals surface area contributed by atoms with Crippen LogP contribution in [0.2, 0.25) is 0 Å². The van der Waals surface area contributed by atoms with Crippen LogP contribution in [-0.2, 0) is 0 Å². The Morgan fingerprint density at radius 3 is 1.94 bits per heavy atom. The summed E-state index contributed by atoms with van der Waals surface area (Å²) in [4.78, 5) is 4.64. The zero-order valence-corrected chi connectivity index (χ0v) is 16.0. The van der Waals surface area contributed by atoms with Crippen LogP contribution in [0.5, 0.6) is 17.2 Å². The van der Waals surface area contributed by atoms with E-state index in [1.54, 1.807) is 48.5 Å². The lowest BCUT2D eigenvalue weighted by Crippen LogP contribution is -2.16. The number of aromatic hydroxyl groups is 2. The number of benzene rings is 3. The van der Waals surface area contributed by atoms with Gasteiger partial charge in [0.1, 0.15) is 17.2 Å². The van der Waals surface area contributed by atoms with Gasteiger partial charge >= 0.3 is 6.36 Å². The van der Waals surface area contributed by atoms with Gasteiger partial charge in [-0.25, -0.2) is 4.98 Å². The molecule has 2 N–H and O–H groups in total. The van der Waals surface area contributed by atoms with Crippen LogP contribution in [-0.4, -0.2) is 21.6 Å². The molecule has 4 nitrogen and oxygen atoms in total. The molecule has 0 aliphatic rings. The molecule has 0 saturated heterocycles. The first-order valence-corrected chi connectivity index (χ1v) is 9.24. The number of rotatable bonds is 4. The van der Waals surface area contributed by atoms with Gasteiger partial charge in [0.05, 0.1) is 11.4 Å². The molecule has 1 heterocycles. The molecule has 31 heavy (non-hydrogen) atoms. The monoisotopic (exact) mass is 423 g/mol. The lowest BCUT2D eigenvalue weighted by atomic mass is 9.99. The summed E-state index contributed by atoms with van der Waals surface area (Å²) in [6.07, 6.45) is -4.76. The van der Waals surface area contributed by atoms with E-state index in [1.807, 2.05) is 0 Å². The SMILES string of the molecule is Oc1ccc(-c2cc(-c3ccc(OC(F)(F)F)cc3)cc(-c3ccccc3O)n2)cc1. The van der Waals surface area contributed by atoms with Gasteiger partial charge < -0.3 is 14.9 Å². The molecule has 4 rings (SSSR count). The van der Waals surface area contributed by atoms with E-state index in [4.69, 9.17) is 0 Å². The van der Waals surface area contributed by atoms with E-state index < -0.39 is 6.36 Å². The topological polar surface area (TPSA) is 62.6 Å². The molecule has 7 heteroatoms. The van der Waals surface area contributed by atoms with Crippen molar-refractivity contribution in [1.29, 1.82) is 0 Å². The second kappa shape index (κ2) is 8.02. The third-order valence-electron chi connectivity index (χ3n) is 4.59. The van der Waals surface area contributed by atoms with Crippen molar-refractivity contribution in [3.8, 4) is 50.9 Å². The summed E-state index contributed by atoms with van der Waals surface area (Å²) in [5, 5.41) is 19.8. The van der Waals surface area contributed by atoms with Gasteiger partial charge in [0.25, 0.3) is 0 Å². The first kappa shape index (κ1) is 20.3. The second-order valence-electron chi connectivity index (χ2n) is 6.76. The number of aromatic nitrogens is 1. The Morgan fingerprint density at radius 2 is 1.29 bits per heavy atom. The highest BCUT2D eigenvalue weighted by molar-refractivity contribution is 5.78. The Kier molecular flexibility index (Phi) is 5.25. The Labute approximate surface area is 175 Å². The minimum absolute atomic E-state index is 0.0535. The predicted molar refractivity (Wildman–Crippen MR) is 111 cm³/mol. The van der Waals surface area contributed by atoms with Crippen LogP contribution in [0, 0.1) is 0 Å². The standard InChI is InChI=1S/C24H16F3NO3/c25-24(26,27)31-19-11-7-15(8-12-19)17-13-21(16-5-9-18(29)10-6-16)28-22(14-17)20-3-1-2-4-23(20)30/h1-14,29-30H. The fourth-order valence-corrected chi connectivity index (χ4v) is 3.15. The van der Waals surface area contributed by atoms with Crippen LogP contribution < -0.4 is 4.74 Å². The van der Waals surface area contributed by atoms with E-state index in [2.05, 4.69) is 9.72 Å². The second-order valence-corrected chi connectivity index (χ2v) is 6.76. The van der Waals surface area contributed by atoms with Gasteiger partial charge in [-0.05, 0) is 71.8 Å². The summed E-state index contributed by atoms with van der Waals surface area (Å²) >= 11 is 0. The van der Waals surface area contributed by atoms with Gasteiger partial charge in [-0.2, -0.15) is 0 Å². The molecule has 0 amide bonds. The quantitative estimate of drug-likeness (QED) is 0.399. The van der Waals surface area contributed by atoms with Crippen LogP contribution in [0.25, 0.3) is 33.6 Å². The maximum Gasteiger partial charge on any atom is 0.573 e. The van der Waals surface area contributed by atoms with Crippen LogP contribution in [0.4, 0.5) is 13.2 Å². The molecule has 0 saturated carbocycles. The maximum absolute atomic E-state index is 12.4. The van der Waals surface area contributed by atoms with Gasteiger partial charge in [0.15, 0.2) is 0 Å².